The van der Waals surface area contributed by atoms with Gasteiger partial charge in [-0.3, -0.25) is 4.79 Å². The van der Waals surface area contributed by atoms with E-state index in [0.717, 1.165) is 0 Å². The molecule has 0 spiro atoms. The van der Waals surface area contributed by atoms with Crippen molar-refractivity contribution < 1.29 is 4.42 Å². The van der Waals surface area contributed by atoms with Crippen LogP contribution in [0.15, 0.2) is 45.6 Å². The van der Waals surface area contributed by atoms with Gasteiger partial charge < -0.3 is 4.42 Å². The van der Waals surface area contributed by atoms with Crippen LogP contribution in [0.3, 0.4) is 0 Å². The number of benzene rings is 2. The van der Waals surface area contributed by atoms with Gasteiger partial charge in [0, 0.05) is 0 Å². The monoisotopic (exact) mass is 229 g/mol. The Kier molecular flexibility index (Phi) is 1.98. The minimum Gasteiger partial charge on any atom is -0.454 e. The molecule has 16 heavy (non-hydrogen) atoms. The summed E-state index contributed by atoms with van der Waals surface area (Å²) in [5.41, 5.74) is 0.896. The maximum atomic E-state index is 12.1. The minimum atomic E-state index is -0.0735. The lowest BCUT2D eigenvalue weighted by Crippen LogP contribution is -2.01. The van der Waals surface area contributed by atoms with Crippen molar-refractivity contribution in [1.29, 1.82) is 0 Å². The van der Waals surface area contributed by atoms with Crippen LogP contribution in [-0.4, -0.2) is 0 Å². The first kappa shape index (κ1) is 9.43. The quantitative estimate of drug-likeness (QED) is 0.553. The Morgan fingerprint density at radius 2 is 2.06 bits per heavy atom. The van der Waals surface area contributed by atoms with Gasteiger partial charge in [0.25, 0.3) is 0 Å². The Labute approximate surface area is 96.1 Å². The third-order valence-electron chi connectivity index (χ3n) is 2.49. The fourth-order valence-electron chi connectivity index (χ4n) is 1.73. The second kappa shape index (κ2) is 3.35. The third-order valence-corrected chi connectivity index (χ3v) is 2.79. The first-order valence-corrected chi connectivity index (χ1v) is 5.16. The second-order valence-corrected chi connectivity index (χ2v) is 3.88. The van der Waals surface area contributed by atoms with Gasteiger partial charge in [0.15, 0.2) is 5.58 Å². The SMILES string of the molecule is O=c1c2c[c]ccc2oc2c(Cl)cccc12. The number of fused-ring (bicyclic) bond motifs is 2. The standard InChI is InChI=1S/C13H6ClO2/c14-10-6-3-5-9-12(15)8-4-1-2-7-11(8)16-13(9)10/h2-7H. The summed E-state index contributed by atoms with van der Waals surface area (Å²) in [6, 6.07) is 13.0. The molecule has 3 rings (SSSR count). The van der Waals surface area contributed by atoms with E-state index in [0.29, 0.717) is 27.0 Å². The molecular weight excluding hydrogens is 224 g/mol. The molecule has 2 nitrogen and oxygen atoms in total. The smallest absolute Gasteiger partial charge is 0.200 e. The third kappa shape index (κ3) is 1.24. The summed E-state index contributed by atoms with van der Waals surface area (Å²) in [5, 5.41) is 1.47. The summed E-state index contributed by atoms with van der Waals surface area (Å²) in [4.78, 5) is 12.1. The van der Waals surface area contributed by atoms with Gasteiger partial charge in [-0.05, 0) is 30.3 Å². The molecule has 0 saturated heterocycles. The molecule has 0 atom stereocenters. The van der Waals surface area contributed by atoms with Crippen molar-refractivity contribution in [3.05, 3.63) is 57.7 Å². The Bertz CT molecular complexity index is 744. The molecule has 77 valence electrons. The van der Waals surface area contributed by atoms with E-state index in [9.17, 15) is 4.79 Å². The van der Waals surface area contributed by atoms with Crippen LogP contribution in [0.2, 0.25) is 5.02 Å². The first-order valence-electron chi connectivity index (χ1n) is 4.78. The van der Waals surface area contributed by atoms with E-state index in [1.807, 2.05) is 0 Å². The fraction of sp³-hybridized carbons (Fsp3) is 0. The molecule has 0 aliphatic heterocycles. The van der Waals surface area contributed by atoms with E-state index in [4.69, 9.17) is 16.0 Å². The molecule has 0 unspecified atom stereocenters. The van der Waals surface area contributed by atoms with E-state index < -0.39 is 0 Å². The Morgan fingerprint density at radius 3 is 2.94 bits per heavy atom. The van der Waals surface area contributed by atoms with Crippen LogP contribution in [0.4, 0.5) is 0 Å². The van der Waals surface area contributed by atoms with E-state index in [1.165, 1.54) is 0 Å². The van der Waals surface area contributed by atoms with Crippen molar-refractivity contribution in [2.75, 3.05) is 0 Å². The highest BCUT2D eigenvalue weighted by molar-refractivity contribution is 6.34. The summed E-state index contributed by atoms with van der Waals surface area (Å²) < 4.78 is 5.61. The van der Waals surface area contributed by atoms with Crippen LogP contribution in [0.1, 0.15) is 0 Å². The van der Waals surface area contributed by atoms with Gasteiger partial charge in [0.2, 0.25) is 5.43 Å². The maximum Gasteiger partial charge on any atom is 0.200 e. The van der Waals surface area contributed by atoms with E-state index >= 15 is 0 Å². The lowest BCUT2D eigenvalue weighted by atomic mass is 10.1. The molecule has 3 heteroatoms. The van der Waals surface area contributed by atoms with E-state index in [1.54, 1.807) is 36.4 Å². The normalized spacial score (nSPS) is 11.1. The summed E-state index contributed by atoms with van der Waals surface area (Å²) in [6.45, 7) is 0. The molecule has 0 fully saturated rings. The van der Waals surface area contributed by atoms with Crippen molar-refractivity contribution in [2.45, 2.75) is 0 Å². The van der Waals surface area contributed by atoms with Crippen molar-refractivity contribution in [3.63, 3.8) is 0 Å². The molecular formula is C13H6ClO2. The van der Waals surface area contributed by atoms with Crippen LogP contribution in [-0.2, 0) is 0 Å². The maximum absolute atomic E-state index is 12.1. The first-order chi connectivity index (χ1) is 7.77. The predicted molar refractivity (Wildman–Crippen MR) is 63.8 cm³/mol. The molecule has 2 aromatic carbocycles. The molecule has 1 aromatic heterocycles. The average Bonchev–Trinajstić information content (AvgIpc) is 2.31. The van der Waals surface area contributed by atoms with Crippen LogP contribution >= 0.6 is 11.6 Å². The van der Waals surface area contributed by atoms with Gasteiger partial charge in [-0.2, -0.15) is 0 Å². The Morgan fingerprint density at radius 1 is 1.19 bits per heavy atom. The second-order valence-electron chi connectivity index (χ2n) is 3.47. The van der Waals surface area contributed by atoms with Crippen LogP contribution in [0.25, 0.3) is 21.9 Å². The van der Waals surface area contributed by atoms with Gasteiger partial charge in [0.1, 0.15) is 5.58 Å². The van der Waals surface area contributed by atoms with E-state index in [2.05, 4.69) is 6.07 Å². The van der Waals surface area contributed by atoms with Crippen molar-refractivity contribution in [3.8, 4) is 0 Å². The molecule has 0 aliphatic rings. The molecule has 1 heterocycles. The molecule has 0 N–H and O–H groups in total. The molecule has 3 aromatic rings. The lowest BCUT2D eigenvalue weighted by Gasteiger charge is -2.01. The number of halogens is 1. The van der Waals surface area contributed by atoms with Gasteiger partial charge in [0.05, 0.1) is 15.8 Å². The number of rotatable bonds is 0. The predicted octanol–water partition coefficient (Wildman–Crippen LogP) is 3.40. The molecule has 0 aliphatic carbocycles. The van der Waals surface area contributed by atoms with Gasteiger partial charge in [-0.25, -0.2) is 0 Å². The Hall–Kier alpha value is -1.80. The number of hydrogen-bond acceptors (Lipinski definition) is 2. The zero-order chi connectivity index (χ0) is 11.1. The summed E-state index contributed by atoms with van der Waals surface area (Å²) >= 11 is 5.99. The highest BCUT2D eigenvalue weighted by Crippen LogP contribution is 2.24. The van der Waals surface area contributed by atoms with Crippen LogP contribution in [0.5, 0.6) is 0 Å². The van der Waals surface area contributed by atoms with E-state index in [-0.39, 0.29) is 5.43 Å². The number of hydrogen-bond donors (Lipinski definition) is 0. The summed E-state index contributed by atoms with van der Waals surface area (Å²) in [6.07, 6.45) is 0. The zero-order valence-electron chi connectivity index (χ0n) is 8.16. The summed E-state index contributed by atoms with van der Waals surface area (Å²) in [7, 11) is 0. The van der Waals surface area contributed by atoms with Crippen molar-refractivity contribution in [1.82, 2.24) is 0 Å². The number of para-hydroxylation sites is 1. The van der Waals surface area contributed by atoms with Crippen LogP contribution < -0.4 is 5.43 Å². The van der Waals surface area contributed by atoms with Gasteiger partial charge in [-0.1, -0.05) is 23.7 Å². The highest BCUT2D eigenvalue weighted by atomic mass is 35.5. The minimum absolute atomic E-state index is 0.0735. The molecule has 0 saturated carbocycles. The molecule has 1 radical (unpaired) electrons. The largest absolute Gasteiger partial charge is 0.454 e. The topological polar surface area (TPSA) is 30.2 Å². The Balaban J connectivity index is 2.67. The van der Waals surface area contributed by atoms with Crippen molar-refractivity contribution in [2.24, 2.45) is 0 Å². The van der Waals surface area contributed by atoms with Crippen LogP contribution in [0, 0.1) is 6.07 Å². The highest BCUT2D eigenvalue weighted by Gasteiger charge is 2.08. The van der Waals surface area contributed by atoms with Gasteiger partial charge >= 0.3 is 0 Å². The molecule has 0 amide bonds. The summed E-state index contributed by atoms with van der Waals surface area (Å²) in [5.74, 6) is 0. The van der Waals surface area contributed by atoms with Crippen molar-refractivity contribution >= 4 is 33.5 Å². The fourth-order valence-corrected chi connectivity index (χ4v) is 1.94. The molecule has 0 bridgehead atoms. The zero-order valence-corrected chi connectivity index (χ0v) is 8.91. The average molecular weight is 230 g/mol. The van der Waals surface area contributed by atoms with Gasteiger partial charge in [-0.15, -0.1) is 0 Å². The lowest BCUT2D eigenvalue weighted by molar-refractivity contribution is 0.660.